The summed E-state index contributed by atoms with van der Waals surface area (Å²) in [4.78, 5) is 36.7. The van der Waals surface area contributed by atoms with Gasteiger partial charge in [-0.15, -0.1) is 0 Å². The first-order valence-electron chi connectivity index (χ1n) is 8.63. The smallest absolute Gasteiger partial charge is 0.325 e. The highest BCUT2D eigenvalue weighted by molar-refractivity contribution is 7.89. The SMILES string of the molecule is CCOC(=O)CN(CCOC)C(=O)CN(C)S(=O)(=O)c1ccc(C(C)=O)cc1. The fourth-order valence-corrected chi connectivity index (χ4v) is 3.39. The molecule has 0 aliphatic carbocycles. The summed E-state index contributed by atoms with van der Waals surface area (Å²) in [5.74, 6) is -1.32. The van der Waals surface area contributed by atoms with Crippen molar-refractivity contribution >= 4 is 27.7 Å². The molecule has 0 heterocycles. The number of Topliss-reactive ketones (excluding diaryl/α,β-unsaturated/α-hetero) is 1. The molecule has 0 radical (unpaired) electrons. The fraction of sp³-hybridized carbons (Fsp3) is 0.500. The van der Waals surface area contributed by atoms with Crippen LogP contribution in [0.25, 0.3) is 0 Å². The standard InChI is InChI=1S/C18H26N2O7S/c1-5-27-18(23)13-20(10-11-26-4)17(22)12-19(3)28(24,25)16-8-6-15(7-9-16)14(2)21/h6-9H,5,10-13H2,1-4H3. The Balaban J connectivity index is 2.90. The van der Waals surface area contributed by atoms with Crippen LogP contribution in [0.3, 0.4) is 0 Å². The molecule has 0 aromatic heterocycles. The van der Waals surface area contributed by atoms with Gasteiger partial charge in [-0.25, -0.2) is 8.42 Å². The maximum Gasteiger partial charge on any atom is 0.325 e. The van der Waals surface area contributed by atoms with Crippen LogP contribution in [0.4, 0.5) is 0 Å². The Labute approximate surface area is 165 Å². The maximum atomic E-state index is 12.7. The number of ether oxygens (including phenoxy) is 2. The van der Waals surface area contributed by atoms with Gasteiger partial charge in [0.25, 0.3) is 0 Å². The van der Waals surface area contributed by atoms with Gasteiger partial charge in [0.2, 0.25) is 15.9 Å². The first-order valence-corrected chi connectivity index (χ1v) is 10.1. The summed E-state index contributed by atoms with van der Waals surface area (Å²) < 4.78 is 36.0. The van der Waals surface area contributed by atoms with Crippen molar-refractivity contribution in [1.82, 2.24) is 9.21 Å². The highest BCUT2D eigenvalue weighted by atomic mass is 32.2. The third kappa shape index (κ3) is 6.70. The number of nitrogens with zero attached hydrogens (tertiary/aromatic N) is 2. The van der Waals surface area contributed by atoms with Crippen molar-refractivity contribution in [2.45, 2.75) is 18.7 Å². The minimum Gasteiger partial charge on any atom is -0.465 e. The van der Waals surface area contributed by atoms with Crippen molar-refractivity contribution < 1.29 is 32.3 Å². The number of sulfonamides is 1. The van der Waals surface area contributed by atoms with Crippen LogP contribution in [0.2, 0.25) is 0 Å². The lowest BCUT2D eigenvalue weighted by molar-refractivity contribution is -0.149. The third-order valence-electron chi connectivity index (χ3n) is 3.87. The van der Waals surface area contributed by atoms with E-state index in [9.17, 15) is 22.8 Å². The molecule has 1 rings (SSSR count). The van der Waals surface area contributed by atoms with Crippen LogP contribution in [-0.2, 0) is 29.1 Å². The number of likely N-dealkylation sites (N-methyl/N-ethyl adjacent to an activating group) is 1. The van der Waals surface area contributed by atoms with Crippen molar-refractivity contribution in [2.24, 2.45) is 0 Å². The second-order valence-electron chi connectivity index (χ2n) is 5.95. The number of esters is 1. The molecule has 0 spiro atoms. The van der Waals surface area contributed by atoms with Crippen LogP contribution in [0.1, 0.15) is 24.2 Å². The summed E-state index contributed by atoms with van der Waals surface area (Å²) in [5, 5.41) is 0. The van der Waals surface area contributed by atoms with Crippen molar-refractivity contribution in [3.8, 4) is 0 Å². The summed E-state index contributed by atoms with van der Waals surface area (Å²) in [6.45, 7) is 2.76. The number of rotatable bonds is 11. The molecule has 28 heavy (non-hydrogen) atoms. The van der Waals surface area contributed by atoms with Gasteiger partial charge in [-0.2, -0.15) is 4.31 Å². The fourth-order valence-electron chi connectivity index (χ4n) is 2.27. The first kappa shape index (κ1) is 23.7. The number of methoxy groups -OCH3 is 1. The highest BCUT2D eigenvalue weighted by Crippen LogP contribution is 2.15. The summed E-state index contributed by atoms with van der Waals surface area (Å²) in [5.41, 5.74) is 0.387. The van der Waals surface area contributed by atoms with E-state index in [0.717, 1.165) is 4.31 Å². The molecule has 1 aromatic carbocycles. The molecule has 0 saturated heterocycles. The lowest BCUT2D eigenvalue weighted by Gasteiger charge is -2.24. The van der Waals surface area contributed by atoms with E-state index in [1.165, 1.54) is 50.2 Å². The number of ketones is 1. The van der Waals surface area contributed by atoms with Crippen LogP contribution in [0.5, 0.6) is 0 Å². The quantitative estimate of drug-likeness (QED) is 0.384. The van der Waals surface area contributed by atoms with E-state index in [-0.39, 0.29) is 37.0 Å². The number of carbonyl (C=O) groups is 3. The Hall–Kier alpha value is -2.30. The Morgan fingerprint density at radius 3 is 2.18 bits per heavy atom. The van der Waals surface area contributed by atoms with Crippen LogP contribution < -0.4 is 0 Å². The topological polar surface area (TPSA) is 110 Å². The molecule has 1 aromatic rings. The van der Waals surface area contributed by atoms with E-state index in [1.54, 1.807) is 6.92 Å². The molecule has 0 atom stereocenters. The third-order valence-corrected chi connectivity index (χ3v) is 5.69. The molecule has 0 N–H and O–H groups in total. The van der Waals surface area contributed by atoms with Gasteiger partial charge in [-0.05, 0) is 26.0 Å². The maximum absolute atomic E-state index is 12.7. The van der Waals surface area contributed by atoms with Gasteiger partial charge in [0.05, 0.1) is 24.7 Å². The van der Waals surface area contributed by atoms with Crippen molar-refractivity contribution in [1.29, 1.82) is 0 Å². The molecule has 0 unspecified atom stereocenters. The lowest BCUT2D eigenvalue weighted by atomic mass is 10.2. The first-order chi connectivity index (χ1) is 13.1. The van der Waals surface area contributed by atoms with Crippen LogP contribution in [0.15, 0.2) is 29.2 Å². The van der Waals surface area contributed by atoms with E-state index in [2.05, 4.69) is 0 Å². The Kier molecular flexibility index (Phi) is 9.23. The molecular weight excluding hydrogens is 388 g/mol. The number of hydrogen-bond donors (Lipinski definition) is 0. The van der Waals surface area contributed by atoms with Crippen LogP contribution >= 0.6 is 0 Å². The van der Waals surface area contributed by atoms with Gasteiger partial charge in [0, 0.05) is 26.3 Å². The molecule has 0 aliphatic heterocycles. The summed E-state index contributed by atoms with van der Waals surface area (Å²) in [7, 11) is -1.22. The van der Waals surface area contributed by atoms with Gasteiger partial charge in [-0.3, -0.25) is 14.4 Å². The number of amides is 1. The second kappa shape index (κ2) is 10.9. The normalized spacial score (nSPS) is 11.3. The molecule has 0 bridgehead atoms. The van der Waals surface area contributed by atoms with E-state index >= 15 is 0 Å². The minimum absolute atomic E-state index is 0.0402. The van der Waals surface area contributed by atoms with Crippen molar-refractivity contribution in [3.63, 3.8) is 0 Å². The predicted octanol–water partition coefficient (Wildman–Crippen LogP) is 0.548. The van der Waals surface area contributed by atoms with Crippen LogP contribution in [0, 0.1) is 0 Å². The largest absolute Gasteiger partial charge is 0.465 e. The van der Waals surface area contributed by atoms with Crippen molar-refractivity contribution in [3.05, 3.63) is 29.8 Å². The highest BCUT2D eigenvalue weighted by Gasteiger charge is 2.26. The Morgan fingerprint density at radius 2 is 1.68 bits per heavy atom. The predicted molar refractivity (Wildman–Crippen MR) is 101 cm³/mol. The zero-order valence-corrected chi connectivity index (χ0v) is 17.3. The lowest BCUT2D eigenvalue weighted by Crippen LogP contribution is -2.44. The van der Waals surface area contributed by atoms with Gasteiger partial charge in [0.15, 0.2) is 5.78 Å². The number of hydrogen-bond acceptors (Lipinski definition) is 7. The molecule has 10 heteroatoms. The minimum atomic E-state index is -3.94. The van der Waals surface area contributed by atoms with Gasteiger partial charge in [0.1, 0.15) is 6.54 Å². The summed E-state index contributed by atoms with van der Waals surface area (Å²) in [6.07, 6.45) is 0. The van der Waals surface area contributed by atoms with Gasteiger partial charge < -0.3 is 14.4 Å². The average molecular weight is 414 g/mol. The number of carbonyl (C=O) groups excluding carboxylic acids is 3. The Bertz CT molecular complexity index is 791. The van der Waals surface area contributed by atoms with Crippen LogP contribution in [-0.4, -0.2) is 82.3 Å². The van der Waals surface area contributed by atoms with Gasteiger partial charge in [-0.1, -0.05) is 12.1 Å². The molecule has 9 nitrogen and oxygen atoms in total. The van der Waals surface area contributed by atoms with E-state index in [0.29, 0.717) is 5.56 Å². The average Bonchev–Trinajstić information content (AvgIpc) is 2.65. The zero-order valence-electron chi connectivity index (χ0n) is 16.5. The van der Waals surface area contributed by atoms with Gasteiger partial charge >= 0.3 is 5.97 Å². The zero-order chi connectivity index (χ0) is 21.3. The summed E-state index contributed by atoms with van der Waals surface area (Å²) in [6, 6.07) is 5.45. The molecule has 156 valence electrons. The number of benzene rings is 1. The monoisotopic (exact) mass is 414 g/mol. The molecule has 1 amide bonds. The van der Waals surface area contributed by atoms with Crippen molar-refractivity contribution in [2.75, 3.05) is 47.0 Å². The Morgan fingerprint density at radius 1 is 1.07 bits per heavy atom. The van der Waals surface area contributed by atoms with E-state index in [4.69, 9.17) is 9.47 Å². The van der Waals surface area contributed by atoms with E-state index in [1.807, 2.05) is 0 Å². The molecule has 0 saturated carbocycles. The van der Waals surface area contributed by atoms with E-state index < -0.39 is 28.4 Å². The molecule has 0 fully saturated rings. The second-order valence-corrected chi connectivity index (χ2v) is 8.00. The molecular formula is C18H26N2O7S. The summed E-state index contributed by atoms with van der Waals surface area (Å²) >= 11 is 0. The molecule has 0 aliphatic rings.